The average Bonchev–Trinajstić information content (AvgIpc) is 3.49. The molecule has 0 spiro atoms. The minimum atomic E-state index is -4.58. The highest BCUT2D eigenvalue weighted by atomic mass is 31.2. The lowest BCUT2D eigenvalue weighted by Gasteiger charge is -2.45. The summed E-state index contributed by atoms with van der Waals surface area (Å²) in [6.45, 7) is 2.85. The van der Waals surface area contributed by atoms with Crippen LogP contribution in [0.3, 0.4) is 0 Å². The Labute approximate surface area is 181 Å². The maximum absolute atomic E-state index is 15.8. The molecule has 0 unspecified atom stereocenters. The second kappa shape index (κ2) is 7.51. The first-order chi connectivity index (χ1) is 14.8. The largest absolute Gasteiger partial charge is 0.477 e. The molecule has 13 heteroatoms. The lowest BCUT2D eigenvalue weighted by molar-refractivity contribution is 0.0694. The van der Waals surface area contributed by atoms with Crippen molar-refractivity contribution in [2.75, 3.05) is 23.7 Å². The van der Waals surface area contributed by atoms with Gasteiger partial charge in [-0.3, -0.25) is 4.79 Å². The molecule has 0 radical (unpaired) electrons. The van der Waals surface area contributed by atoms with Gasteiger partial charge in [0, 0.05) is 37.4 Å². The number of halogens is 2. The topological polar surface area (TPSA) is 149 Å². The van der Waals surface area contributed by atoms with Crippen molar-refractivity contribution in [3.8, 4) is 0 Å². The number of rotatable bonds is 4. The molecule has 1 aromatic carbocycles. The zero-order valence-corrected chi connectivity index (χ0v) is 18.2. The molecule has 2 aliphatic rings. The highest BCUT2D eigenvalue weighted by Crippen LogP contribution is 2.47. The molecule has 1 aliphatic carbocycles. The molecule has 0 amide bonds. The van der Waals surface area contributed by atoms with E-state index in [2.05, 4.69) is 0 Å². The van der Waals surface area contributed by atoms with E-state index >= 15 is 8.78 Å². The van der Waals surface area contributed by atoms with E-state index < -0.39 is 65.2 Å². The quantitative estimate of drug-likeness (QED) is 0.386. The van der Waals surface area contributed by atoms with E-state index in [0.29, 0.717) is 12.8 Å². The Bertz CT molecular complexity index is 1230. The van der Waals surface area contributed by atoms with Crippen LogP contribution in [0.1, 0.15) is 43.1 Å². The van der Waals surface area contributed by atoms with Crippen molar-refractivity contribution in [1.29, 1.82) is 0 Å². The van der Waals surface area contributed by atoms with Crippen molar-refractivity contribution < 1.29 is 33.0 Å². The molecular formula is C19H23F2N4O6P. The highest BCUT2D eigenvalue weighted by Gasteiger charge is 2.42. The Morgan fingerprint density at radius 2 is 1.72 bits per heavy atom. The summed E-state index contributed by atoms with van der Waals surface area (Å²) in [5.41, 5.74) is 2.79. The predicted octanol–water partition coefficient (Wildman–Crippen LogP) is 1.89. The maximum atomic E-state index is 15.8. The molecule has 1 aromatic heterocycles. The summed E-state index contributed by atoms with van der Waals surface area (Å²) in [7, 11) is -4.58. The average molecular weight is 472 g/mol. The SMILES string of the molecule is C[C@@H]1CN(c2c(F)c(N)c3c(=O)c(C(=O)O)cn(C4CC4)c3c2F)C[C@H](C)N1P(=O)(O)O. The first-order valence-electron chi connectivity index (χ1n) is 10.0. The monoisotopic (exact) mass is 472 g/mol. The number of anilines is 2. The Hall–Kier alpha value is -2.53. The number of hydrogen-bond donors (Lipinski definition) is 4. The first-order valence-corrected chi connectivity index (χ1v) is 11.6. The minimum Gasteiger partial charge on any atom is -0.477 e. The first kappa shape index (κ1) is 22.7. The zero-order valence-electron chi connectivity index (χ0n) is 17.3. The molecule has 10 nitrogen and oxygen atoms in total. The van der Waals surface area contributed by atoms with E-state index in [9.17, 15) is 29.0 Å². The number of hydrogen-bond acceptors (Lipinski definition) is 5. The summed E-state index contributed by atoms with van der Waals surface area (Å²) >= 11 is 0. The number of nitrogen functional groups attached to an aromatic ring is 1. The second-order valence-corrected chi connectivity index (χ2v) is 9.91. The number of fused-ring (bicyclic) bond motifs is 1. The number of benzene rings is 1. The van der Waals surface area contributed by atoms with Crippen molar-refractivity contribution in [2.24, 2.45) is 0 Å². The third-order valence-corrected chi connectivity index (χ3v) is 7.41. The molecule has 1 saturated carbocycles. The highest BCUT2D eigenvalue weighted by molar-refractivity contribution is 7.49. The van der Waals surface area contributed by atoms with Crippen LogP contribution in [0, 0.1) is 11.6 Å². The number of carbonyl (C=O) groups is 1. The third-order valence-electron chi connectivity index (χ3n) is 6.02. The van der Waals surface area contributed by atoms with Crippen molar-refractivity contribution in [3.05, 3.63) is 33.6 Å². The summed E-state index contributed by atoms with van der Waals surface area (Å²) in [6.07, 6.45) is 2.34. The van der Waals surface area contributed by atoms with Gasteiger partial charge in [0.1, 0.15) is 11.3 Å². The van der Waals surface area contributed by atoms with Gasteiger partial charge in [-0.15, -0.1) is 0 Å². The van der Waals surface area contributed by atoms with Gasteiger partial charge in [-0.25, -0.2) is 18.1 Å². The number of carboxylic acids is 1. The van der Waals surface area contributed by atoms with E-state index in [1.165, 1.54) is 23.3 Å². The summed E-state index contributed by atoms with van der Waals surface area (Å²) in [5.74, 6) is -3.79. The van der Waals surface area contributed by atoms with Crippen molar-refractivity contribution >= 4 is 36.0 Å². The number of pyridine rings is 1. The van der Waals surface area contributed by atoms with E-state index in [4.69, 9.17) is 5.73 Å². The zero-order chi connectivity index (χ0) is 23.7. The van der Waals surface area contributed by atoms with Crippen LogP contribution in [-0.4, -0.2) is 55.3 Å². The van der Waals surface area contributed by atoms with Gasteiger partial charge in [0.25, 0.3) is 0 Å². The lowest BCUT2D eigenvalue weighted by atomic mass is 10.0. The van der Waals surface area contributed by atoms with Gasteiger partial charge >= 0.3 is 13.7 Å². The Morgan fingerprint density at radius 3 is 2.19 bits per heavy atom. The molecule has 4 rings (SSSR count). The van der Waals surface area contributed by atoms with Crippen LogP contribution in [0.5, 0.6) is 0 Å². The van der Waals surface area contributed by atoms with Gasteiger partial charge in [0.05, 0.1) is 16.6 Å². The molecule has 1 saturated heterocycles. The van der Waals surface area contributed by atoms with Crippen LogP contribution in [0.4, 0.5) is 20.2 Å². The van der Waals surface area contributed by atoms with E-state index in [-0.39, 0.29) is 24.6 Å². The van der Waals surface area contributed by atoms with Gasteiger partial charge in [-0.2, -0.15) is 4.67 Å². The number of carboxylic acid groups (broad SMARTS) is 1. The Morgan fingerprint density at radius 1 is 1.16 bits per heavy atom. The summed E-state index contributed by atoms with van der Waals surface area (Å²) in [5, 5.41) is 8.85. The van der Waals surface area contributed by atoms with Crippen LogP contribution in [0.25, 0.3) is 10.9 Å². The smallest absolute Gasteiger partial charge is 0.403 e. The fourth-order valence-electron chi connectivity index (χ4n) is 4.63. The van der Waals surface area contributed by atoms with Crippen molar-refractivity contribution in [1.82, 2.24) is 9.24 Å². The van der Waals surface area contributed by atoms with Crippen molar-refractivity contribution in [2.45, 2.75) is 44.8 Å². The second-order valence-electron chi connectivity index (χ2n) is 8.43. The Kier molecular flexibility index (Phi) is 5.32. The standard InChI is InChI=1S/C19H23F2N4O6P/c1-8-5-23(6-9(2)25(8)32(29,30)31)17-13(20)15(22)12-16(14(17)21)24(10-3-4-10)7-11(18(12)26)19(27)28/h7-10H,3-6,22H2,1-2H3,(H,27,28)(H2,29,30,31)/t8-,9+. The molecular weight excluding hydrogens is 449 g/mol. The van der Waals surface area contributed by atoms with Gasteiger partial charge in [0.2, 0.25) is 5.43 Å². The maximum Gasteiger partial charge on any atom is 0.403 e. The van der Waals surface area contributed by atoms with Gasteiger partial charge in [-0.05, 0) is 26.7 Å². The molecule has 0 bridgehead atoms. The van der Waals surface area contributed by atoms with Crippen LogP contribution in [0.2, 0.25) is 0 Å². The van der Waals surface area contributed by atoms with Crippen LogP contribution in [-0.2, 0) is 4.57 Å². The fraction of sp³-hybridized carbons (Fsp3) is 0.474. The summed E-state index contributed by atoms with van der Waals surface area (Å²) in [4.78, 5) is 44.8. The molecule has 2 fully saturated rings. The third kappa shape index (κ3) is 3.47. The molecule has 5 N–H and O–H groups in total. The normalized spacial score (nSPS) is 22.5. The molecule has 2 aromatic rings. The number of aromatic nitrogens is 1. The molecule has 2 heterocycles. The lowest BCUT2D eigenvalue weighted by Crippen LogP contribution is -2.55. The van der Waals surface area contributed by atoms with Crippen LogP contribution < -0.4 is 16.1 Å². The number of nitrogens with zero attached hydrogens (tertiary/aromatic N) is 3. The van der Waals surface area contributed by atoms with Crippen molar-refractivity contribution in [3.63, 3.8) is 0 Å². The fourth-order valence-corrected chi connectivity index (χ4v) is 5.81. The van der Waals surface area contributed by atoms with E-state index in [1.54, 1.807) is 0 Å². The Balaban J connectivity index is 1.94. The van der Waals surface area contributed by atoms with Crippen LogP contribution >= 0.6 is 7.75 Å². The molecule has 2 atom stereocenters. The summed E-state index contributed by atoms with van der Waals surface area (Å²) < 4.78 is 45.3. The number of nitrogens with two attached hydrogens (primary N) is 1. The van der Waals surface area contributed by atoms with Gasteiger partial charge in [-0.1, -0.05) is 0 Å². The molecule has 32 heavy (non-hydrogen) atoms. The molecule has 1 aliphatic heterocycles. The van der Waals surface area contributed by atoms with Gasteiger partial charge in [0.15, 0.2) is 11.6 Å². The minimum absolute atomic E-state index is 0.102. The number of piperazine rings is 1. The van der Waals surface area contributed by atoms with Crippen LogP contribution in [0.15, 0.2) is 11.0 Å². The van der Waals surface area contributed by atoms with E-state index in [1.807, 2.05) is 0 Å². The predicted molar refractivity (Wildman–Crippen MR) is 113 cm³/mol. The van der Waals surface area contributed by atoms with E-state index in [0.717, 1.165) is 10.9 Å². The molecule has 174 valence electrons. The van der Waals surface area contributed by atoms with Gasteiger partial charge < -0.3 is 30.1 Å². The summed E-state index contributed by atoms with van der Waals surface area (Å²) in [6, 6.07) is -1.72. The number of aromatic carboxylic acids is 1.